The van der Waals surface area contributed by atoms with Crippen LogP contribution in [0.2, 0.25) is 0 Å². The second kappa shape index (κ2) is 6.75. The molecular formula is H4Ca2O4P+5. The van der Waals surface area contributed by atoms with E-state index >= 15 is 0 Å². The molecule has 0 aliphatic rings. The molecule has 7 heavy (non-hydrogen) atoms. The molecule has 0 spiro atoms. The van der Waals surface area contributed by atoms with Gasteiger partial charge in [0.05, 0.1) is 0 Å². The standard InChI is InChI=1S/2Ca.H3O4P/c;;1-5(2,3)4/h;;(H3,1,2,3,4)/q2*+2;/p+1. The van der Waals surface area contributed by atoms with E-state index in [0.717, 1.165) is 0 Å². The van der Waals surface area contributed by atoms with Crippen LogP contribution in [-0.4, -0.2) is 90.2 Å². The van der Waals surface area contributed by atoms with Gasteiger partial charge in [0.25, 0.3) is 0 Å². The topological polar surface area (TPSA) is 77.8 Å². The molecule has 0 bridgehead atoms. The first kappa shape index (κ1) is 16.3. The van der Waals surface area contributed by atoms with E-state index in [-0.39, 0.29) is 76.9 Å². The van der Waals surface area contributed by atoms with E-state index in [0.29, 0.717) is 0 Å². The fraction of sp³-hybridized carbons (Fsp3) is 0. The van der Waals surface area contributed by atoms with Crippen molar-refractivity contribution in [1.82, 2.24) is 0 Å². The largest absolute Gasteiger partial charge is 2.00 e. The third kappa shape index (κ3) is 54.9. The zero-order valence-corrected chi connectivity index (χ0v) is 8.92. The average molecular weight is 179 g/mol. The molecule has 0 rings (SSSR count). The predicted molar refractivity (Wildman–Crippen MR) is 26.9 cm³/mol. The van der Waals surface area contributed by atoms with Gasteiger partial charge in [-0.25, -0.2) is 4.57 Å². The zero-order valence-electron chi connectivity index (χ0n) is 4.61. The van der Waals surface area contributed by atoms with Gasteiger partial charge in [0.15, 0.2) is 0 Å². The number of hydrogen-bond acceptors (Lipinski definition) is 1. The number of phosphoric acid groups is 1. The van der Waals surface area contributed by atoms with Crippen molar-refractivity contribution in [3.05, 3.63) is 0 Å². The molecule has 0 aromatic rings. The molecule has 0 atom stereocenters. The summed E-state index contributed by atoms with van der Waals surface area (Å²) >= 11 is 0. The van der Waals surface area contributed by atoms with Gasteiger partial charge in [0.1, 0.15) is 0 Å². The molecule has 0 unspecified atom stereocenters. The molecule has 0 saturated heterocycles. The van der Waals surface area contributed by atoms with Crippen LogP contribution in [0.3, 0.4) is 0 Å². The van der Waals surface area contributed by atoms with E-state index in [2.05, 4.69) is 0 Å². The van der Waals surface area contributed by atoms with Crippen molar-refractivity contribution in [3.8, 4) is 0 Å². The summed E-state index contributed by atoms with van der Waals surface area (Å²) in [5.74, 6) is 0. The molecule has 0 aliphatic carbocycles. The van der Waals surface area contributed by atoms with E-state index in [9.17, 15) is 0 Å². The molecule has 0 fully saturated rings. The summed E-state index contributed by atoms with van der Waals surface area (Å²) in [5, 5.41) is 0. The fourth-order valence-corrected chi connectivity index (χ4v) is 0. The van der Waals surface area contributed by atoms with Crippen molar-refractivity contribution < 1.29 is 20.7 Å². The molecule has 0 amide bonds. The van der Waals surface area contributed by atoms with Crippen LogP contribution in [-0.2, 0) is 4.57 Å². The van der Waals surface area contributed by atoms with Crippen molar-refractivity contribution in [2.75, 3.05) is 0 Å². The monoisotopic (exact) mass is 179 g/mol. The molecule has 0 aromatic carbocycles. The summed E-state index contributed by atoms with van der Waals surface area (Å²) in [5.41, 5.74) is 0. The van der Waals surface area contributed by atoms with Gasteiger partial charge in [-0.15, -0.1) is 0 Å². The molecule has 3 N–H and O–H groups in total. The minimum atomic E-state index is -4.64. The van der Waals surface area contributed by atoms with Crippen molar-refractivity contribution in [1.29, 1.82) is 0 Å². The van der Waals surface area contributed by atoms with Gasteiger partial charge in [-0.3, -0.25) is 0 Å². The van der Waals surface area contributed by atoms with Gasteiger partial charge in [-0.2, -0.15) is 0 Å². The maximum Gasteiger partial charge on any atom is 2.00 e. The van der Waals surface area contributed by atoms with Gasteiger partial charge in [0, 0.05) is 0 Å². The van der Waals surface area contributed by atoms with Crippen molar-refractivity contribution >= 4 is 83.3 Å². The SMILES string of the molecule is O=P(O)(O)O.[Ca+2].[Ca+2].[H+]. The Bertz CT molecular complexity index is 60.2. The Kier molecular flexibility index (Phi) is 15.7. The Labute approximate surface area is 102 Å². The van der Waals surface area contributed by atoms with Crippen LogP contribution in [0.1, 0.15) is 1.43 Å². The first-order chi connectivity index (χ1) is 2.00. The van der Waals surface area contributed by atoms with Gasteiger partial charge in [-0.1, -0.05) is 0 Å². The molecule has 0 aromatic heterocycles. The molecule has 0 saturated carbocycles. The molecule has 32 valence electrons. The summed E-state index contributed by atoms with van der Waals surface area (Å²) in [7, 11) is -4.64. The van der Waals surface area contributed by atoms with Gasteiger partial charge in [0.2, 0.25) is 0 Å². The Hall–Kier alpha value is 2.63. The summed E-state index contributed by atoms with van der Waals surface area (Å²) in [6.07, 6.45) is 0. The Morgan fingerprint density at radius 3 is 1.14 bits per heavy atom. The van der Waals surface area contributed by atoms with Crippen LogP contribution in [0.4, 0.5) is 0 Å². The second-order valence-electron chi connectivity index (χ2n) is 0.513. The average Bonchev–Trinajstić information content (AvgIpc) is 0.722. The van der Waals surface area contributed by atoms with Crippen LogP contribution in [0, 0.1) is 0 Å². The second-order valence-corrected chi connectivity index (χ2v) is 1.54. The van der Waals surface area contributed by atoms with Crippen LogP contribution in [0.15, 0.2) is 0 Å². The summed E-state index contributed by atoms with van der Waals surface area (Å²) in [6.45, 7) is 0. The van der Waals surface area contributed by atoms with Crippen LogP contribution < -0.4 is 0 Å². The molecule has 0 radical (unpaired) electrons. The normalized spacial score (nSPS) is 8.43. The summed E-state index contributed by atoms with van der Waals surface area (Å²) in [4.78, 5) is 21.6. The van der Waals surface area contributed by atoms with Crippen LogP contribution >= 0.6 is 7.82 Å². The summed E-state index contributed by atoms with van der Waals surface area (Å²) in [6, 6.07) is 0. The third-order valence-electron chi connectivity index (χ3n) is 0. The first-order valence-corrected chi connectivity index (χ1v) is 2.35. The van der Waals surface area contributed by atoms with Gasteiger partial charge < -0.3 is 14.7 Å². The quantitative estimate of drug-likeness (QED) is 0.310. The zero-order chi connectivity index (χ0) is 4.50. The first-order valence-electron chi connectivity index (χ1n) is 0.783. The Balaban J connectivity index is -0.0000000267. The van der Waals surface area contributed by atoms with E-state index in [1.54, 1.807) is 0 Å². The van der Waals surface area contributed by atoms with Crippen molar-refractivity contribution in [3.63, 3.8) is 0 Å². The van der Waals surface area contributed by atoms with Gasteiger partial charge in [-0.05, 0) is 0 Å². The maximum absolute atomic E-state index is 8.88. The number of hydrogen-bond donors (Lipinski definition) is 3. The fourth-order valence-electron chi connectivity index (χ4n) is 0. The smallest absolute Gasteiger partial charge is 0.303 e. The van der Waals surface area contributed by atoms with Crippen LogP contribution in [0.25, 0.3) is 0 Å². The minimum Gasteiger partial charge on any atom is -0.303 e. The molecular weight excluding hydrogens is 175 g/mol. The van der Waals surface area contributed by atoms with E-state index < -0.39 is 7.82 Å². The molecule has 0 heterocycles. The maximum atomic E-state index is 8.88. The molecule has 0 aliphatic heterocycles. The number of rotatable bonds is 0. The van der Waals surface area contributed by atoms with E-state index in [4.69, 9.17) is 19.2 Å². The predicted octanol–water partition coefficient (Wildman–Crippen LogP) is -1.58. The Morgan fingerprint density at radius 1 is 1.14 bits per heavy atom. The molecule has 7 heteroatoms. The van der Waals surface area contributed by atoms with E-state index in [1.165, 1.54) is 0 Å². The van der Waals surface area contributed by atoms with Gasteiger partial charge >= 0.3 is 84.7 Å². The third-order valence-corrected chi connectivity index (χ3v) is 0. The van der Waals surface area contributed by atoms with Crippen molar-refractivity contribution in [2.45, 2.75) is 0 Å². The van der Waals surface area contributed by atoms with Crippen LogP contribution in [0.5, 0.6) is 0 Å². The summed E-state index contributed by atoms with van der Waals surface area (Å²) < 4.78 is 8.88. The van der Waals surface area contributed by atoms with Crippen molar-refractivity contribution in [2.24, 2.45) is 0 Å². The van der Waals surface area contributed by atoms with E-state index in [1.807, 2.05) is 0 Å². The molecule has 4 nitrogen and oxygen atoms in total. The Morgan fingerprint density at radius 2 is 1.14 bits per heavy atom. The minimum absolute atomic E-state index is 0.